The largest absolute Gasteiger partial charge is 0.508 e. The van der Waals surface area contributed by atoms with E-state index in [0.29, 0.717) is 11.7 Å². The van der Waals surface area contributed by atoms with Crippen LogP contribution < -0.4 is 4.74 Å². The van der Waals surface area contributed by atoms with Gasteiger partial charge < -0.3 is 9.84 Å². The Morgan fingerprint density at radius 2 is 1.54 bits per heavy atom. The van der Waals surface area contributed by atoms with Crippen LogP contribution in [0.5, 0.6) is 17.2 Å². The molecule has 0 aliphatic rings. The third-order valence-corrected chi connectivity index (χ3v) is 3.51. The maximum absolute atomic E-state index is 9.54. The zero-order valence-corrected chi connectivity index (χ0v) is 15.5. The van der Waals surface area contributed by atoms with Crippen molar-refractivity contribution in [3.63, 3.8) is 0 Å². The van der Waals surface area contributed by atoms with Gasteiger partial charge in [0.15, 0.2) is 0 Å². The zero-order valence-electron chi connectivity index (χ0n) is 15.5. The van der Waals surface area contributed by atoms with Crippen LogP contribution in [0.4, 0.5) is 0 Å². The molecule has 0 aliphatic carbocycles. The van der Waals surface area contributed by atoms with Gasteiger partial charge in [-0.2, -0.15) is 0 Å². The Morgan fingerprint density at radius 1 is 0.917 bits per heavy atom. The Morgan fingerprint density at radius 3 is 2.04 bits per heavy atom. The molecule has 0 heterocycles. The molecule has 24 heavy (non-hydrogen) atoms. The number of benzene rings is 2. The first kappa shape index (κ1) is 22.0. The molecule has 0 fully saturated rings. The van der Waals surface area contributed by atoms with Crippen molar-refractivity contribution in [2.45, 2.75) is 67.2 Å². The van der Waals surface area contributed by atoms with Crippen molar-refractivity contribution in [1.82, 2.24) is 0 Å². The highest BCUT2D eigenvalue weighted by atomic mass is 16.5. The highest BCUT2D eigenvalue weighted by Crippen LogP contribution is 2.33. The molecule has 2 heteroatoms. The summed E-state index contributed by atoms with van der Waals surface area (Å²) in [5.41, 5.74) is 2.59. The van der Waals surface area contributed by atoms with Gasteiger partial charge in [0.1, 0.15) is 17.2 Å². The van der Waals surface area contributed by atoms with Gasteiger partial charge in [-0.25, -0.2) is 0 Å². The molecule has 0 unspecified atom stereocenters. The summed E-state index contributed by atoms with van der Waals surface area (Å²) < 4.78 is 5.93. The van der Waals surface area contributed by atoms with E-state index < -0.39 is 0 Å². The van der Waals surface area contributed by atoms with Crippen LogP contribution in [0, 0.1) is 0 Å². The topological polar surface area (TPSA) is 29.5 Å². The van der Waals surface area contributed by atoms with Gasteiger partial charge in [0.25, 0.3) is 0 Å². The molecule has 1 N–H and O–H groups in total. The maximum Gasteiger partial charge on any atom is 0.131 e. The molecule has 0 spiro atoms. The molecule has 0 radical (unpaired) electrons. The van der Waals surface area contributed by atoms with Gasteiger partial charge in [-0.15, -0.1) is 0 Å². The van der Waals surface area contributed by atoms with Gasteiger partial charge in [0, 0.05) is 6.07 Å². The summed E-state index contributed by atoms with van der Waals surface area (Å²) in [6.45, 7) is 15.0. The lowest BCUT2D eigenvalue weighted by molar-refractivity contribution is 0.453. The summed E-state index contributed by atoms with van der Waals surface area (Å²) in [4.78, 5) is 0. The average Bonchev–Trinajstić information content (AvgIpc) is 2.48. The van der Waals surface area contributed by atoms with E-state index in [-0.39, 0.29) is 18.6 Å². The fraction of sp³-hybridized carbons (Fsp3) is 0.455. The van der Waals surface area contributed by atoms with Crippen molar-refractivity contribution in [2.75, 3.05) is 0 Å². The van der Waals surface area contributed by atoms with Crippen LogP contribution in [0.25, 0.3) is 0 Å². The molecular weight excluding hydrogens is 296 g/mol. The molecule has 0 aliphatic heterocycles. The molecule has 2 rings (SSSR count). The van der Waals surface area contributed by atoms with Crippen LogP contribution >= 0.6 is 0 Å². The summed E-state index contributed by atoms with van der Waals surface area (Å²) >= 11 is 0. The second-order valence-electron chi connectivity index (χ2n) is 6.79. The summed E-state index contributed by atoms with van der Waals surface area (Å²) in [7, 11) is 0. The highest BCUT2D eigenvalue weighted by molar-refractivity contribution is 5.42. The van der Waals surface area contributed by atoms with Crippen LogP contribution in [-0.2, 0) is 5.41 Å². The van der Waals surface area contributed by atoms with E-state index >= 15 is 0 Å². The zero-order chi connectivity index (χ0) is 17.6. The first-order valence-corrected chi connectivity index (χ1v) is 8.38. The minimum atomic E-state index is 0. The highest BCUT2D eigenvalue weighted by Gasteiger charge is 2.17. The summed E-state index contributed by atoms with van der Waals surface area (Å²) in [6.07, 6.45) is 0. The fourth-order valence-corrected chi connectivity index (χ4v) is 2.13. The molecule has 0 amide bonds. The van der Waals surface area contributed by atoms with Crippen LogP contribution in [0.3, 0.4) is 0 Å². The minimum Gasteiger partial charge on any atom is -0.508 e. The van der Waals surface area contributed by atoms with Crippen LogP contribution in [-0.4, -0.2) is 5.11 Å². The maximum atomic E-state index is 9.54. The average molecular weight is 331 g/mol. The Balaban J connectivity index is 0.00000170. The molecule has 2 aromatic carbocycles. The van der Waals surface area contributed by atoms with Crippen molar-refractivity contribution < 1.29 is 9.84 Å². The van der Waals surface area contributed by atoms with Crippen LogP contribution in [0.2, 0.25) is 0 Å². The summed E-state index contributed by atoms with van der Waals surface area (Å²) in [6, 6.07) is 13.3. The molecule has 0 saturated carbocycles. The Labute approximate surface area is 148 Å². The molecule has 134 valence electrons. The van der Waals surface area contributed by atoms with E-state index in [0.717, 1.165) is 5.75 Å². The molecule has 2 aromatic rings. The molecule has 0 saturated heterocycles. The van der Waals surface area contributed by atoms with E-state index in [1.165, 1.54) is 11.1 Å². The van der Waals surface area contributed by atoms with E-state index in [4.69, 9.17) is 4.74 Å². The van der Waals surface area contributed by atoms with Crippen molar-refractivity contribution in [3.8, 4) is 17.2 Å². The molecule has 0 aromatic heterocycles. The lowest BCUT2D eigenvalue weighted by Gasteiger charge is -2.22. The predicted octanol–water partition coefficient (Wildman–Crippen LogP) is 7.27. The normalized spacial score (nSPS) is 10.5. The minimum absolute atomic E-state index is 0. The van der Waals surface area contributed by atoms with Gasteiger partial charge in [-0.05, 0) is 46.7 Å². The first-order chi connectivity index (χ1) is 10.8. The third kappa shape index (κ3) is 6.27. The second-order valence-corrected chi connectivity index (χ2v) is 6.79. The van der Waals surface area contributed by atoms with E-state index in [9.17, 15) is 5.11 Å². The van der Waals surface area contributed by atoms with Gasteiger partial charge in [0.05, 0.1) is 0 Å². The van der Waals surface area contributed by atoms with Crippen molar-refractivity contribution >= 4 is 0 Å². The van der Waals surface area contributed by atoms with Gasteiger partial charge in [0.2, 0.25) is 0 Å². The van der Waals surface area contributed by atoms with Gasteiger partial charge in [-0.3, -0.25) is 0 Å². The van der Waals surface area contributed by atoms with Crippen molar-refractivity contribution in [1.29, 1.82) is 0 Å². The SMILES string of the molecule is C.CC.CC(C)c1cc(Oc2cccc(O)c2)cc(C(C)(C)C)c1. The number of rotatable bonds is 3. The smallest absolute Gasteiger partial charge is 0.131 e. The Hall–Kier alpha value is -1.96. The number of hydrogen-bond donors (Lipinski definition) is 1. The molecule has 2 nitrogen and oxygen atoms in total. The molecule has 0 bridgehead atoms. The van der Waals surface area contributed by atoms with Crippen molar-refractivity contribution in [3.05, 3.63) is 53.6 Å². The first-order valence-electron chi connectivity index (χ1n) is 8.38. The summed E-state index contributed by atoms with van der Waals surface area (Å²) in [5, 5.41) is 9.54. The monoisotopic (exact) mass is 330 g/mol. The van der Waals surface area contributed by atoms with Gasteiger partial charge in [-0.1, -0.05) is 68.0 Å². The standard InChI is InChI=1S/C19H24O2.C2H6.CH4/c1-13(2)14-9-15(19(3,4)5)11-18(10-14)21-17-8-6-7-16(20)12-17;1-2;/h6-13,20H,1-5H3;1-2H3;1H4. The van der Waals surface area contributed by atoms with E-state index in [1.807, 2.05) is 19.9 Å². The van der Waals surface area contributed by atoms with Gasteiger partial charge >= 0.3 is 0 Å². The number of aromatic hydroxyl groups is 1. The second kappa shape index (κ2) is 9.36. The van der Waals surface area contributed by atoms with E-state index in [1.54, 1.807) is 18.2 Å². The predicted molar refractivity (Wildman–Crippen MR) is 105 cm³/mol. The number of hydrogen-bond acceptors (Lipinski definition) is 2. The van der Waals surface area contributed by atoms with Crippen LogP contribution in [0.1, 0.15) is 72.9 Å². The third-order valence-electron chi connectivity index (χ3n) is 3.51. The molecule has 0 atom stereocenters. The van der Waals surface area contributed by atoms with Crippen LogP contribution in [0.15, 0.2) is 42.5 Å². The van der Waals surface area contributed by atoms with Crippen molar-refractivity contribution in [2.24, 2.45) is 0 Å². The lowest BCUT2D eigenvalue weighted by atomic mass is 9.84. The number of ether oxygens (including phenoxy) is 1. The Kier molecular flexibility index (Phi) is 8.60. The number of phenols is 1. The fourth-order valence-electron chi connectivity index (χ4n) is 2.13. The molecular formula is C22H34O2. The summed E-state index contributed by atoms with van der Waals surface area (Å²) in [5.74, 6) is 2.12. The Bertz CT molecular complexity index is 622. The number of phenolic OH excluding ortho intramolecular Hbond substituents is 1. The lowest BCUT2D eigenvalue weighted by Crippen LogP contribution is -2.12. The quantitative estimate of drug-likeness (QED) is 0.641. The van der Waals surface area contributed by atoms with E-state index in [2.05, 4.69) is 52.8 Å².